The Kier molecular flexibility index (Phi) is 3.14. The molecule has 1 aromatic carbocycles. The van der Waals surface area contributed by atoms with Crippen LogP contribution in [0.3, 0.4) is 0 Å². The number of fused-ring (bicyclic) bond motifs is 1. The number of hydrogen-bond acceptors (Lipinski definition) is 3. The van der Waals surface area contributed by atoms with Crippen molar-refractivity contribution in [1.29, 1.82) is 0 Å². The van der Waals surface area contributed by atoms with Gasteiger partial charge in [0.15, 0.2) is 6.61 Å². The molecule has 1 amide bonds. The Hall–Kier alpha value is -2.36. The third-order valence-electron chi connectivity index (χ3n) is 3.14. The maximum atomic E-state index is 12.0. The molecule has 0 spiro atoms. The van der Waals surface area contributed by atoms with Crippen molar-refractivity contribution in [2.45, 2.75) is 6.42 Å². The van der Waals surface area contributed by atoms with Crippen LogP contribution in [0.5, 0.6) is 5.88 Å². The van der Waals surface area contributed by atoms with Crippen LogP contribution < -0.4 is 9.64 Å². The standard InChI is InChI=1S/C15H14N2O2/c18-14-11-19-15-13(7-4-9-16-15)17(14)10-8-12-5-2-1-3-6-12/h1-7,9H,8,10-11H2. The Balaban J connectivity index is 1.79. The second-order valence-electron chi connectivity index (χ2n) is 4.40. The van der Waals surface area contributed by atoms with Crippen molar-refractivity contribution < 1.29 is 9.53 Å². The van der Waals surface area contributed by atoms with E-state index in [4.69, 9.17) is 4.74 Å². The molecule has 2 heterocycles. The van der Waals surface area contributed by atoms with Gasteiger partial charge in [-0.25, -0.2) is 4.98 Å². The minimum absolute atomic E-state index is 0.0172. The van der Waals surface area contributed by atoms with Crippen molar-refractivity contribution in [3.8, 4) is 5.88 Å². The van der Waals surface area contributed by atoms with Gasteiger partial charge in [0, 0.05) is 12.7 Å². The van der Waals surface area contributed by atoms with Crippen LogP contribution >= 0.6 is 0 Å². The third kappa shape index (κ3) is 2.42. The van der Waals surface area contributed by atoms with E-state index in [2.05, 4.69) is 17.1 Å². The Morgan fingerprint density at radius 2 is 2.00 bits per heavy atom. The predicted octanol–water partition coefficient (Wildman–Crippen LogP) is 2.05. The molecule has 0 saturated heterocycles. The van der Waals surface area contributed by atoms with Crippen LogP contribution in [0, 0.1) is 0 Å². The van der Waals surface area contributed by atoms with Gasteiger partial charge >= 0.3 is 0 Å². The average molecular weight is 254 g/mol. The van der Waals surface area contributed by atoms with E-state index < -0.39 is 0 Å². The number of aromatic nitrogens is 1. The van der Waals surface area contributed by atoms with Gasteiger partial charge in [-0.2, -0.15) is 0 Å². The van der Waals surface area contributed by atoms with Crippen LogP contribution in [0.15, 0.2) is 48.7 Å². The highest BCUT2D eigenvalue weighted by Crippen LogP contribution is 2.29. The normalized spacial score (nSPS) is 13.9. The van der Waals surface area contributed by atoms with E-state index in [1.54, 1.807) is 11.1 Å². The molecule has 0 N–H and O–H groups in total. The van der Waals surface area contributed by atoms with Crippen LogP contribution in [-0.4, -0.2) is 24.0 Å². The lowest BCUT2D eigenvalue weighted by Crippen LogP contribution is -2.40. The molecular weight excluding hydrogens is 240 g/mol. The summed E-state index contributed by atoms with van der Waals surface area (Å²) in [4.78, 5) is 17.8. The summed E-state index contributed by atoms with van der Waals surface area (Å²) >= 11 is 0. The van der Waals surface area contributed by atoms with E-state index in [1.165, 1.54) is 5.56 Å². The van der Waals surface area contributed by atoms with E-state index >= 15 is 0 Å². The summed E-state index contributed by atoms with van der Waals surface area (Å²) in [6.45, 7) is 0.712. The third-order valence-corrected chi connectivity index (χ3v) is 3.14. The van der Waals surface area contributed by atoms with Crippen LogP contribution in [0.1, 0.15) is 5.56 Å². The minimum atomic E-state index is -0.0172. The predicted molar refractivity (Wildman–Crippen MR) is 72.2 cm³/mol. The smallest absolute Gasteiger partial charge is 0.265 e. The molecule has 0 saturated carbocycles. The number of carbonyl (C=O) groups is 1. The maximum absolute atomic E-state index is 12.0. The Morgan fingerprint density at radius 3 is 2.84 bits per heavy atom. The molecule has 0 atom stereocenters. The van der Waals surface area contributed by atoms with Crippen molar-refractivity contribution in [3.63, 3.8) is 0 Å². The molecule has 1 aromatic heterocycles. The zero-order valence-corrected chi connectivity index (χ0v) is 10.5. The van der Waals surface area contributed by atoms with E-state index in [-0.39, 0.29) is 12.5 Å². The first-order valence-corrected chi connectivity index (χ1v) is 6.27. The summed E-state index contributed by atoms with van der Waals surface area (Å²) in [6, 6.07) is 13.8. The first-order valence-electron chi connectivity index (χ1n) is 6.27. The number of ether oxygens (including phenoxy) is 1. The van der Waals surface area contributed by atoms with E-state index in [0.29, 0.717) is 12.4 Å². The maximum Gasteiger partial charge on any atom is 0.265 e. The van der Waals surface area contributed by atoms with Gasteiger partial charge < -0.3 is 9.64 Å². The molecule has 4 heteroatoms. The Labute approximate surface area is 111 Å². The molecule has 0 bridgehead atoms. The molecule has 1 aliphatic heterocycles. The topological polar surface area (TPSA) is 42.4 Å². The van der Waals surface area contributed by atoms with E-state index in [1.807, 2.05) is 30.3 Å². The van der Waals surface area contributed by atoms with Gasteiger partial charge in [0.1, 0.15) is 5.69 Å². The Morgan fingerprint density at radius 1 is 1.16 bits per heavy atom. The molecule has 0 unspecified atom stereocenters. The number of pyridine rings is 1. The summed E-state index contributed by atoms with van der Waals surface area (Å²) in [5.74, 6) is 0.520. The first-order chi connectivity index (χ1) is 9.34. The van der Waals surface area contributed by atoms with Gasteiger partial charge in [-0.3, -0.25) is 4.79 Å². The lowest BCUT2D eigenvalue weighted by Gasteiger charge is -2.28. The number of anilines is 1. The van der Waals surface area contributed by atoms with Crippen molar-refractivity contribution in [1.82, 2.24) is 4.98 Å². The summed E-state index contributed by atoms with van der Waals surface area (Å²) in [6.07, 6.45) is 2.49. The zero-order valence-electron chi connectivity index (χ0n) is 10.5. The first kappa shape index (κ1) is 11.7. The minimum Gasteiger partial charge on any atom is -0.466 e. The van der Waals surface area contributed by atoms with Crippen LogP contribution in [0.4, 0.5) is 5.69 Å². The largest absolute Gasteiger partial charge is 0.466 e. The van der Waals surface area contributed by atoms with Crippen molar-refractivity contribution >= 4 is 11.6 Å². The second-order valence-corrected chi connectivity index (χ2v) is 4.40. The number of carbonyl (C=O) groups excluding carboxylic acids is 1. The molecule has 0 aliphatic carbocycles. The fourth-order valence-corrected chi connectivity index (χ4v) is 2.17. The number of hydrogen-bond donors (Lipinski definition) is 0. The van der Waals surface area contributed by atoms with Gasteiger partial charge in [0.25, 0.3) is 5.91 Å². The van der Waals surface area contributed by atoms with Crippen LogP contribution in [0.25, 0.3) is 0 Å². The van der Waals surface area contributed by atoms with E-state index in [9.17, 15) is 4.79 Å². The molecule has 96 valence electrons. The number of benzene rings is 1. The van der Waals surface area contributed by atoms with E-state index in [0.717, 1.165) is 12.1 Å². The second kappa shape index (κ2) is 5.10. The Bertz CT molecular complexity index is 584. The molecule has 19 heavy (non-hydrogen) atoms. The lowest BCUT2D eigenvalue weighted by molar-refractivity contribution is -0.121. The van der Waals surface area contributed by atoms with Gasteiger partial charge in [0.2, 0.25) is 5.88 Å². The highest BCUT2D eigenvalue weighted by molar-refractivity contribution is 5.97. The van der Waals surface area contributed by atoms with Crippen molar-refractivity contribution in [2.75, 3.05) is 18.1 Å². The molecule has 4 nitrogen and oxygen atoms in total. The number of nitrogens with zero attached hydrogens (tertiary/aromatic N) is 2. The van der Waals surface area contributed by atoms with Gasteiger partial charge in [-0.15, -0.1) is 0 Å². The summed E-state index contributed by atoms with van der Waals surface area (Å²) in [5.41, 5.74) is 1.97. The van der Waals surface area contributed by atoms with Crippen LogP contribution in [-0.2, 0) is 11.2 Å². The summed E-state index contributed by atoms with van der Waals surface area (Å²) in [7, 11) is 0. The highest BCUT2D eigenvalue weighted by Gasteiger charge is 2.25. The highest BCUT2D eigenvalue weighted by atomic mass is 16.5. The summed E-state index contributed by atoms with van der Waals surface area (Å²) < 4.78 is 5.32. The number of rotatable bonds is 3. The molecule has 0 radical (unpaired) electrons. The summed E-state index contributed by atoms with van der Waals surface area (Å²) in [5, 5.41) is 0. The zero-order chi connectivity index (χ0) is 13.1. The fraction of sp³-hybridized carbons (Fsp3) is 0.200. The fourth-order valence-electron chi connectivity index (χ4n) is 2.17. The monoisotopic (exact) mass is 254 g/mol. The molecule has 1 aliphatic rings. The van der Waals surface area contributed by atoms with Crippen LogP contribution in [0.2, 0.25) is 0 Å². The SMILES string of the molecule is O=C1COc2ncccc2N1CCc1ccccc1. The molecular formula is C15H14N2O2. The van der Waals surface area contributed by atoms with Gasteiger partial charge in [-0.05, 0) is 24.1 Å². The van der Waals surface area contributed by atoms with Gasteiger partial charge in [0.05, 0.1) is 0 Å². The van der Waals surface area contributed by atoms with Crippen molar-refractivity contribution in [2.24, 2.45) is 0 Å². The average Bonchev–Trinajstić information content (AvgIpc) is 2.47. The lowest BCUT2D eigenvalue weighted by atomic mass is 10.1. The quantitative estimate of drug-likeness (QED) is 0.842. The molecule has 3 rings (SSSR count). The molecule has 2 aromatic rings. The molecule has 0 fully saturated rings. The van der Waals surface area contributed by atoms with Crippen molar-refractivity contribution in [3.05, 3.63) is 54.2 Å². The van der Waals surface area contributed by atoms with Gasteiger partial charge in [-0.1, -0.05) is 30.3 Å². The number of amides is 1.